The molecule has 0 aliphatic rings. The summed E-state index contributed by atoms with van der Waals surface area (Å²) in [5.74, 6) is -0.518. The molecule has 2 rings (SSSR count). The van der Waals surface area contributed by atoms with E-state index in [0.29, 0.717) is 15.6 Å². The number of hydrogen-bond donors (Lipinski definition) is 0. The molecule has 0 N–H and O–H groups in total. The molecule has 20 heavy (non-hydrogen) atoms. The summed E-state index contributed by atoms with van der Waals surface area (Å²) in [7, 11) is 0. The van der Waals surface area contributed by atoms with E-state index in [0.717, 1.165) is 16.4 Å². The Bertz CT molecular complexity index is 645. The Labute approximate surface area is 127 Å². The van der Waals surface area contributed by atoms with Gasteiger partial charge in [-0.2, -0.15) is 9.78 Å². The number of aromatic nitrogens is 3. The third-order valence-electron chi connectivity index (χ3n) is 2.29. The maximum absolute atomic E-state index is 12.8. The Morgan fingerprint density at radius 3 is 2.70 bits per heavy atom. The monoisotopic (exact) mass is 336 g/mol. The number of halogens is 4. The Kier molecular flexibility index (Phi) is 4.95. The van der Waals surface area contributed by atoms with Crippen LogP contribution in [0.15, 0.2) is 28.5 Å². The number of rotatable bonds is 4. The molecule has 0 saturated heterocycles. The molecule has 2 aromatic rings. The first-order valence-electron chi connectivity index (χ1n) is 5.29. The molecule has 1 heterocycles. The van der Waals surface area contributed by atoms with Gasteiger partial charge in [0.05, 0.1) is 11.2 Å². The summed E-state index contributed by atoms with van der Waals surface area (Å²) in [4.78, 5) is 0. The molecule has 0 unspecified atom stereocenters. The van der Waals surface area contributed by atoms with Crippen LogP contribution in [0.4, 0.5) is 8.78 Å². The van der Waals surface area contributed by atoms with E-state index in [-0.39, 0.29) is 5.16 Å². The first-order chi connectivity index (χ1) is 9.52. The minimum atomic E-state index is -2.76. The maximum Gasteiger partial charge on any atom is 0.299 e. The second-order valence-corrected chi connectivity index (χ2v) is 5.18. The van der Waals surface area contributed by atoms with Crippen molar-refractivity contribution in [3.63, 3.8) is 0 Å². The summed E-state index contributed by atoms with van der Waals surface area (Å²) in [6.07, 6.45) is 0.287. The van der Waals surface area contributed by atoms with Crippen molar-refractivity contribution in [3.8, 4) is 0 Å². The molecule has 0 fully saturated rings. The topological polar surface area (TPSA) is 43.1 Å². The smallest absolute Gasteiger partial charge is 0.201 e. The molecule has 106 valence electrons. The normalized spacial score (nSPS) is 11.7. The quantitative estimate of drug-likeness (QED) is 0.622. The van der Waals surface area contributed by atoms with Gasteiger partial charge in [0.1, 0.15) is 0 Å². The predicted octanol–water partition coefficient (Wildman–Crippen LogP) is 4.13. The molecule has 0 bridgehead atoms. The highest BCUT2D eigenvalue weighted by Crippen LogP contribution is 2.23. The lowest BCUT2D eigenvalue weighted by atomic mass is 10.2. The molecule has 0 aliphatic heterocycles. The van der Waals surface area contributed by atoms with Gasteiger partial charge in [-0.3, -0.25) is 0 Å². The standard InChI is InChI=1S/C11H8Cl2F2N4S/c1-20-11-18-17-10(9(14)15)19(11)16-5-6-2-3-7(12)4-8(6)13/h2-5,9H,1H3/b16-5+. The second-order valence-electron chi connectivity index (χ2n) is 3.57. The average molecular weight is 337 g/mol. The average Bonchev–Trinajstić information content (AvgIpc) is 2.80. The van der Waals surface area contributed by atoms with Crippen LogP contribution < -0.4 is 0 Å². The summed E-state index contributed by atoms with van der Waals surface area (Å²) >= 11 is 12.9. The van der Waals surface area contributed by atoms with E-state index in [2.05, 4.69) is 15.3 Å². The van der Waals surface area contributed by atoms with E-state index >= 15 is 0 Å². The summed E-state index contributed by atoms with van der Waals surface area (Å²) in [6, 6.07) is 4.81. The van der Waals surface area contributed by atoms with Gasteiger partial charge in [0.15, 0.2) is 0 Å². The lowest BCUT2D eigenvalue weighted by molar-refractivity contribution is 0.135. The van der Waals surface area contributed by atoms with Crippen LogP contribution in [-0.4, -0.2) is 27.3 Å². The highest BCUT2D eigenvalue weighted by Gasteiger charge is 2.19. The van der Waals surface area contributed by atoms with E-state index in [1.165, 1.54) is 6.21 Å². The first-order valence-corrected chi connectivity index (χ1v) is 7.28. The molecule has 0 atom stereocenters. The van der Waals surface area contributed by atoms with Crippen LogP contribution in [0.5, 0.6) is 0 Å². The maximum atomic E-state index is 12.8. The van der Waals surface area contributed by atoms with Crippen LogP contribution in [0.25, 0.3) is 0 Å². The van der Waals surface area contributed by atoms with E-state index in [1.807, 2.05) is 0 Å². The van der Waals surface area contributed by atoms with Gasteiger partial charge < -0.3 is 0 Å². The highest BCUT2D eigenvalue weighted by molar-refractivity contribution is 7.98. The zero-order valence-corrected chi connectivity index (χ0v) is 12.4. The van der Waals surface area contributed by atoms with Crippen molar-refractivity contribution in [2.45, 2.75) is 11.6 Å². The molecule has 1 aromatic heterocycles. The minimum Gasteiger partial charge on any atom is -0.201 e. The molecule has 9 heteroatoms. The SMILES string of the molecule is CSc1nnc(C(F)F)n1/N=C/c1ccc(Cl)cc1Cl. The molecule has 0 aliphatic carbocycles. The van der Waals surface area contributed by atoms with E-state index in [9.17, 15) is 8.78 Å². The van der Waals surface area contributed by atoms with Crippen LogP contribution in [0.2, 0.25) is 10.0 Å². The summed E-state index contributed by atoms with van der Waals surface area (Å²) in [6.45, 7) is 0. The van der Waals surface area contributed by atoms with Crippen LogP contribution in [0, 0.1) is 0 Å². The van der Waals surface area contributed by atoms with Crippen molar-refractivity contribution < 1.29 is 8.78 Å². The van der Waals surface area contributed by atoms with Gasteiger partial charge in [0, 0.05) is 10.6 Å². The summed E-state index contributed by atoms with van der Waals surface area (Å²) < 4.78 is 26.6. The Morgan fingerprint density at radius 1 is 1.35 bits per heavy atom. The van der Waals surface area contributed by atoms with Gasteiger partial charge in [-0.1, -0.05) is 41.0 Å². The molecule has 1 aromatic carbocycles. The zero-order chi connectivity index (χ0) is 14.7. The Hall–Kier alpha value is -1.18. The lowest BCUT2D eigenvalue weighted by Gasteiger charge is -2.02. The van der Waals surface area contributed by atoms with E-state index in [4.69, 9.17) is 23.2 Å². The number of nitrogens with zero attached hydrogens (tertiary/aromatic N) is 4. The first kappa shape index (κ1) is 15.2. The largest absolute Gasteiger partial charge is 0.299 e. The van der Waals surface area contributed by atoms with Gasteiger partial charge in [-0.15, -0.1) is 10.2 Å². The summed E-state index contributed by atoms with van der Waals surface area (Å²) in [5, 5.41) is 12.1. The minimum absolute atomic E-state index is 0.265. The molecule has 0 saturated carbocycles. The Balaban J connectivity index is 2.37. The summed E-state index contributed by atoms with van der Waals surface area (Å²) in [5.41, 5.74) is 0.553. The van der Waals surface area contributed by atoms with Gasteiger partial charge in [-0.25, -0.2) is 8.78 Å². The number of alkyl halides is 2. The zero-order valence-electron chi connectivity index (χ0n) is 10.1. The Morgan fingerprint density at radius 2 is 2.10 bits per heavy atom. The van der Waals surface area contributed by atoms with Gasteiger partial charge >= 0.3 is 0 Å². The van der Waals surface area contributed by atoms with Crippen molar-refractivity contribution in [3.05, 3.63) is 39.6 Å². The number of benzene rings is 1. The van der Waals surface area contributed by atoms with Crippen molar-refractivity contribution in [1.82, 2.24) is 14.9 Å². The van der Waals surface area contributed by atoms with E-state index < -0.39 is 12.2 Å². The lowest BCUT2D eigenvalue weighted by Crippen LogP contribution is -2.00. The van der Waals surface area contributed by atoms with Crippen LogP contribution >= 0.6 is 35.0 Å². The van der Waals surface area contributed by atoms with Crippen LogP contribution in [0.1, 0.15) is 17.8 Å². The molecule has 4 nitrogen and oxygen atoms in total. The molecule has 0 amide bonds. The fourth-order valence-electron chi connectivity index (χ4n) is 1.37. The number of hydrogen-bond acceptors (Lipinski definition) is 4. The fraction of sp³-hybridized carbons (Fsp3) is 0.182. The predicted molar refractivity (Wildman–Crippen MR) is 76.2 cm³/mol. The third kappa shape index (κ3) is 3.28. The van der Waals surface area contributed by atoms with Crippen molar-refractivity contribution >= 4 is 41.2 Å². The van der Waals surface area contributed by atoms with Crippen LogP contribution in [0.3, 0.4) is 0 Å². The van der Waals surface area contributed by atoms with Crippen molar-refractivity contribution in [2.24, 2.45) is 5.10 Å². The second kappa shape index (κ2) is 6.51. The van der Waals surface area contributed by atoms with Crippen molar-refractivity contribution in [2.75, 3.05) is 6.26 Å². The fourth-order valence-corrected chi connectivity index (χ4v) is 2.27. The number of thioether (sulfide) groups is 1. The molecular weight excluding hydrogens is 329 g/mol. The highest BCUT2D eigenvalue weighted by atomic mass is 35.5. The van der Waals surface area contributed by atoms with Gasteiger partial charge in [0.25, 0.3) is 6.43 Å². The van der Waals surface area contributed by atoms with Crippen molar-refractivity contribution in [1.29, 1.82) is 0 Å². The third-order valence-corrected chi connectivity index (χ3v) is 3.47. The van der Waals surface area contributed by atoms with Gasteiger partial charge in [-0.05, 0) is 18.4 Å². The van der Waals surface area contributed by atoms with E-state index in [1.54, 1.807) is 24.5 Å². The van der Waals surface area contributed by atoms with Crippen LogP contribution in [-0.2, 0) is 0 Å². The van der Waals surface area contributed by atoms with Gasteiger partial charge in [0.2, 0.25) is 11.0 Å². The molecule has 0 radical (unpaired) electrons. The molecule has 0 spiro atoms. The molecular formula is C11H8Cl2F2N4S.